The number of rotatable bonds is 6. The van der Waals surface area contributed by atoms with Gasteiger partial charge in [0.05, 0.1) is 0 Å². The van der Waals surface area contributed by atoms with Gasteiger partial charge in [-0.1, -0.05) is 57.5 Å². The Bertz CT molecular complexity index is 286. The van der Waals surface area contributed by atoms with E-state index in [4.69, 9.17) is 11.6 Å². The second-order valence-corrected chi connectivity index (χ2v) is 5.33. The van der Waals surface area contributed by atoms with Gasteiger partial charge in [-0.25, -0.2) is 0 Å². The van der Waals surface area contributed by atoms with Crippen LogP contribution < -0.4 is 0 Å². The van der Waals surface area contributed by atoms with Crippen molar-refractivity contribution < 1.29 is 0 Å². The zero-order valence-electron chi connectivity index (χ0n) is 10.7. The fourth-order valence-corrected chi connectivity index (χ4v) is 2.60. The molecule has 0 N–H and O–H groups in total. The highest BCUT2D eigenvalue weighted by atomic mass is 35.5. The van der Waals surface area contributed by atoms with Crippen LogP contribution in [0.4, 0.5) is 0 Å². The van der Waals surface area contributed by atoms with Gasteiger partial charge in [-0.15, -0.1) is 11.6 Å². The number of alkyl halides is 1. The number of benzene rings is 1. The molecule has 1 rings (SSSR count). The standard InChI is InChI=1S/C15H23Cl/c1-4-15(12-16,11-10-13(2)3)14-8-6-5-7-9-14/h5-9,13H,4,10-12H2,1-3H3. The second-order valence-electron chi connectivity index (χ2n) is 5.07. The highest BCUT2D eigenvalue weighted by Gasteiger charge is 2.28. The summed E-state index contributed by atoms with van der Waals surface area (Å²) in [6.45, 7) is 6.80. The summed E-state index contributed by atoms with van der Waals surface area (Å²) in [7, 11) is 0. The summed E-state index contributed by atoms with van der Waals surface area (Å²) >= 11 is 6.24. The lowest BCUT2D eigenvalue weighted by Crippen LogP contribution is -2.28. The average molecular weight is 239 g/mol. The summed E-state index contributed by atoms with van der Waals surface area (Å²) in [5.41, 5.74) is 1.57. The second kappa shape index (κ2) is 6.30. The van der Waals surface area contributed by atoms with Crippen molar-refractivity contribution in [2.45, 2.75) is 45.4 Å². The van der Waals surface area contributed by atoms with Crippen LogP contribution in [0.5, 0.6) is 0 Å². The number of hydrogen-bond donors (Lipinski definition) is 0. The van der Waals surface area contributed by atoms with Crippen molar-refractivity contribution >= 4 is 11.6 Å². The molecule has 0 spiro atoms. The molecule has 1 atom stereocenters. The van der Waals surface area contributed by atoms with E-state index in [1.165, 1.54) is 18.4 Å². The maximum absolute atomic E-state index is 6.24. The molecule has 0 aliphatic carbocycles. The Hall–Kier alpha value is -0.490. The van der Waals surface area contributed by atoms with E-state index in [0.29, 0.717) is 0 Å². The molecule has 0 aromatic heterocycles. The lowest BCUT2D eigenvalue weighted by Gasteiger charge is -2.32. The highest BCUT2D eigenvalue weighted by Crippen LogP contribution is 2.35. The molecule has 1 unspecified atom stereocenters. The molecule has 0 bridgehead atoms. The first-order chi connectivity index (χ1) is 7.64. The van der Waals surface area contributed by atoms with Gasteiger partial charge >= 0.3 is 0 Å². The SMILES string of the molecule is CCC(CCl)(CCC(C)C)c1ccccc1. The summed E-state index contributed by atoms with van der Waals surface area (Å²) in [5, 5.41) is 0. The molecule has 0 fully saturated rings. The van der Waals surface area contributed by atoms with E-state index in [0.717, 1.165) is 18.2 Å². The molecule has 0 aliphatic rings. The van der Waals surface area contributed by atoms with Crippen LogP contribution in [0, 0.1) is 5.92 Å². The Morgan fingerprint density at radius 2 is 1.81 bits per heavy atom. The van der Waals surface area contributed by atoms with E-state index in [1.54, 1.807) is 0 Å². The monoisotopic (exact) mass is 238 g/mol. The lowest BCUT2D eigenvalue weighted by molar-refractivity contribution is 0.378. The van der Waals surface area contributed by atoms with Gasteiger partial charge in [-0.2, -0.15) is 0 Å². The van der Waals surface area contributed by atoms with Gasteiger partial charge in [0, 0.05) is 11.3 Å². The summed E-state index contributed by atoms with van der Waals surface area (Å²) in [5.74, 6) is 1.47. The average Bonchev–Trinajstić information content (AvgIpc) is 2.32. The molecule has 1 heteroatoms. The van der Waals surface area contributed by atoms with Crippen LogP contribution in [-0.2, 0) is 5.41 Å². The van der Waals surface area contributed by atoms with Crippen molar-refractivity contribution in [2.75, 3.05) is 5.88 Å². The maximum Gasteiger partial charge on any atom is 0.0320 e. The molecule has 0 nitrogen and oxygen atoms in total. The molecule has 1 aromatic carbocycles. The zero-order valence-corrected chi connectivity index (χ0v) is 11.4. The fraction of sp³-hybridized carbons (Fsp3) is 0.600. The van der Waals surface area contributed by atoms with Gasteiger partial charge in [-0.3, -0.25) is 0 Å². The predicted molar refractivity (Wildman–Crippen MR) is 73.2 cm³/mol. The Balaban J connectivity index is 2.87. The third-order valence-corrected chi connectivity index (χ3v) is 4.03. The normalized spacial score (nSPS) is 15.1. The summed E-state index contributed by atoms with van der Waals surface area (Å²) in [4.78, 5) is 0. The van der Waals surface area contributed by atoms with E-state index >= 15 is 0 Å². The first-order valence-corrected chi connectivity index (χ1v) is 6.79. The molecule has 16 heavy (non-hydrogen) atoms. The van der Waals surface area contributed by atoms with Gasteiger partial charge in [0.25, 0.3) is 0 Å². The number of halogens is 1. The first kappa shape index (κ1) is 13.6. The molecule has 0 saturated carbocycles. The van der Waals surface area contributed by atoms with Crippen molar-refractivity contribution in [1.82, 2.24) is 0 Å². The molecule has 1 aromatic rings. The van der Waals surface area contributed by atoms with Gasteiger partial charge in [0.1, 0.15) is 0 Å². The number of hydrogen-bond acceptors (Lipinski definition) is 0. The highest BCUT2D eigenvalue weighted by molar-refractivity contribution is 6.18. The Kier molecular flexibility index (Phi) is 5.34. The summed E-state index contributed by atoms with van der Waals surface area (Å²) in [6.07, 6.45) is 3.55. The van der Waals surface area contributed by atoms with Crippen molar-refractivity contribution in [3.63, 3.8) is 0 Å². The van der Waals surface area contributed by atoms with Gasteiger partial charge in [-0.05, 0) is 24.3 Å². The quantitative estimate of drug-likeness (QED) is 0.612. The van der Waals surface area contributed by atoms with Crippen molar-refractivity contribution in [3.8, 4) is 0 Å². The van der Waals surface area contributed by atoms with Crippen LogP contribution in [0.2, 0.25) is 0 Å². The van der Waals surface area contributed by atoms with Crippen molar-refractivity contribution in [3.05, 3.63) is 35.9 Å². The fourth-order valence-electron chi connectivity index (χ4n) is 2.12. The van der Waals surface area contributed by atoms with Crippen LogP contribution in [0.25, 0.3) is 0 Å². The Morgan fingerprint density at radius 3 is 2.25 bits per heavy atom. The van der Waals surface area contributed by atoms with Crippen LogP contribution in [0.3, 0.4) is 0 Å². The van der Waals surface area contributed by atoms with Gasteiger partial charge in [0.15, 0.2) is 0 Å². The van der Waals surface area contributed by atoms with Crippen LogP contribution in [-0.4, -0.2) is 5.88 Å². The zero-order chi connectivity index (χ0) is 12.0. The largest absolute Gasteiger partial charge is 0.126 e. The Morgan fingerprint density at radius 1 is 1.19 bits per heavy atom. The van der Waals surface area contributed by atoms with Crippen LogP contribution in [0.15, 0.2) is 30.3 Å². The van der Waals surface area contributed by atoms with E-state index in [9.17, 15) is 0 Å². The summed E-state index contributed by atoms with van der Waals surface area (Å²) in [6, 6.07) is 10.7. The minimum absolute atomic E-state index is 0.174. The van der Waals surface area contributed by atoms with Crippen LogP contribution in [0.1, 0.15) is 45.6 Å². The topological polar surface area (TPSA) is 0 Å². The maximum atomic E-state index is 6.24. The molecule has 90 valence electrons. The third-order valence-electron chi connectivity index (χ3n) is 3.52. The molecule has 0 aliphatic heterocycles. The Labute approximate surface area is 105 Å². The van der Waals surface area contributed by atoms with E-state index in [2.05, 4.69) is 51.1 Å². The molecule has 0 heterocycles. The van der Waals surface area contributed by atoms with E-state index in [-0.39, 0.29) is 5.41 Å². The molecule has 0 amide bonds. The molecule has 0 radical (unpaired) electrons. The van der Waals surface area contributed by atoms with E-state index < -0.39 is 0 Å². The predicted octanol–water partition coefficient (Wildman–Crippen LogP) is 5.01. The van der Waals surface area contributed by atoms with Crippen molar-refractivity contribution in [1.29, 1.82) is 0 Å². The van der Waals surface area contributed by atoms with Gasteiger partial charge < -0.3 is 0 Å². The smallest absolute Gasteiger partial charge is 0.0320 e. The van der Waals surface area contributed by atoms with Gasteiger partial charge in [0.2, 0.25) is 0 Å². The minimum atomic E-state index is 0.174. The summed E-state index contributed by atoms with van der Waals surface area (Å²) < 4.78 is 0. The molecular formula is C15H23Cl. The third kappa shape index (κ3) is 3.25. The lowest BCUT2D eigenvalue weighted by atomic mass is 9.75. The van der Waals surface area contributed by atoms with Crippen molar-refractivity contribution in [2.24, 2.45) is 5.92 Å². The first-order valence-electron chi connectivity index (χ1n) is 6.26. The minimum Gasteiger partial charge on any atom is -0.126 e. The molecular weight excluding hydrogens is 216 g/mol. The van der Waals surface area contributed by atoms with E-state index in [1.807, 2.05) is 0 Å². The van der Waals surface area contributed by atoms with Crippen LogP contribution >= 0.6 is 11.6 Å². The molecule has 0 saturated heterocycles.